The Morgan fingerprint density at radius 3 is 2.09 bits per heavy atom. The van der Waals surface area contributed by atoms with Gasteiger partial charge in [0, 0.05) is 0 Å². The third-order valence-electron chi connectivity index (χ3n) is 6.40. The van der Waals surface area contributed by atoms with Gasteiger partial charge in [0.25, 0.3) is 0 Å². The number of benzene rings is 1. The Morgan fingerprint density at radius 2 is 1.45 bits per heavy atom. The van der Waals surface area contributed by atoms with E-state index in [1.54, 1.807) is 12.1 Å². The minimum atomic E-state index is -0.0208. The van der Waals surface area contributed by atoms with Crippen molar-refractivity contribution in [3.05, 3.63) is 35.6 Å². The van der Waals surface area contributed by atoms with Crippen molar-refractivity contribution < 1.29 is 4.39 Å². The first-order valence-corrected chi connectivity index (χ1v) is 9.45. The lowest BCUT2D eigenvalue weighted by atomic mass is 9.69. The van der Waals surface area contributed by atoms with Gasteiger partial charge in [0.2, 0.25) is 0 Å². The standard InChI is InChI=1S/C21H31F/c1-16-6-11-18(12-7-16)19-13-8-17(9-14-19)10-15-20-4-2-3-5-21(20)22/h2-5,16-19H,6-15H2,1H3. The third-order valence-corrected chi connectivity index (χ3v) is 6.40. The van der Waals surface area contributed by atoms with Crippen molar-refractivity contribution in [2.45, 2.75) is 71.1 Å². The molecule has 0 saturated heterocycles. The first-order chi connectivity index (χ1) is 10.7. The number of rotatable bonds is 4. The minimum Gasteiger partial charge on any atom is -0.207 e. The molecule has 2 saturated carbocycles. The zero-order chi connectivity index (χ0) is 15.4. The van der Waals surface area contributed by atoms with Gasteiger partial charge in [0.05, 0.1) is 0 Å². The van der Waals surface area contributed by atoms with Gasteiger partial charge in [-0.1, -0.05) is 50.8 Å². The highest BCUT2D eigenvalue weighted by molar-refractivity contribution is 5.17. The Balaban J connectivity index is 1.41. The second-order valence-corrected chi connectivity index (χ2v) is 7.93. The number of aryl methyl sites for hydroxylation is 1. The molecule has 0 amide bonds. The van der Waals surface area contributed by atoms with Crippen LogP contribution in [-0.4, -0.2) is 0 Å². The van der Waals surface area contributed by atoms with Crippen LogP contribution in [0.3, 0.4) is 0 Å². The molecule has 22 heavy (non-hydrogen) atoms. The summed E-state index contributed by atoms with van der Waals surface area (Å²) in [6, 6.07) is 7.29. The number of halogens is 1. The molecule has 1 aromatic rings. The van der Waals surface area contributed by atoms with Gasteiger partial charge in [0.1, 0.15) is 5.82 Å². The topological polar surface area (TPSA) is 0 Å². The van der Waals surface area contributed by atoms with Gasteiger partial charge in [-0.15, -0.1) is 0 Å². The summed E-state index contributed by atoms with van der Waals surface area (Å²) in [5, 5.41) is 0. The largest absolute Gasteiger partial charge is 0.207 e. The van der Waals surface area contributed by atoms with E-state index >= 15 is 0 Å². The Hall–Kier alpha value is -0.850. The Labute approximate surface area is 135 Å². The van der Waals surface area contributed by atoms with Crippen molar-refractivity contribution in [1.82, 2.24) is 0 Å². The van der Waals surface area contributed by atoms with Crippen molar-refractivity contribution in [2.75, 3.05) is 0 Å². The highest BCUT2D eigenvalue weighted by atomic mass is 19.1. The van der Waals surface area contributed by atoms with Crippen LogP contribution in [0.2, 0.25) is 0 Å². The predicted octanol–water partition coefficient (Wildman–Crippen LogP) is 6.39. The Morgan fingerprint density at radius 1 is 0.864 bits per heavy atom. The summed E-state index contributed by atoms with van der Waals surface area (Å²) in [6.07, 6.45) is 13.6. The molecule has 0 aliphatic heterocycles. The molecule has 2 aliphatic carbocycles. The monoisotopic (exact) mass is 302 g/mol. The molecule has 0 spiro atoms. The summed E-state index contributed by atoms with van der Waals surface area (Å²) in [4.78, 5) is 0. The lowest BCUT2D eigenvalue weighted by Gasteiger charge is -2.37. The molecule has 3 rings (SSSR count). The van der Waals surface area contributed by atoms with Crippen LogP contribution in [0.15, 0.2) is 24.3 Å². The predicted molar refractivity (Wildman–Crippen MR) is 91.3 cm³/mol. The molecule has 122 valence electrons. The van der Waals surface area contributed by atoms with Crippen molar-refractivity contribution in [2.24, 2.45) is 23.7 Å². The van der Waals surface area contributed by atoms with Gasteiger partial charge < -0.3 is 0 Å². The average Bonchev–Trinajstić information content (AvgIpc) is 2.55. The van der Waals surface area contributed by atoms with Crippen molar-refractivity contribution in [3.63, 3.8) is 0 Å². The Bertz CT molecular complexity index is 451. The second-order valence-electron chi connectivity index (χ2n) is 7.93. The molecule has 0 bridgehead atoms. The van der Waals surface area contributed by atoms with Gasteiger partial charge in [-0.25, -0.2) is 4.39 Å². The fourth-order valence-electron chi connectivity index (χ4n) is 4.77. The van der Waals surface area contributed by atoms with Gasteiger partial charge in [-0.2, -0.15) is 0 Å². The van der Waals surface area contributed by atoms with E-state index in [0.29, 0.717) is 0 Å². The summed E-state index contributed by atoms with van der Waals surface area (Å²) in [6.45, 7) is 2.41. The molecular weight excluding hydrogens is 271 g/mol. The lowest BCUT2D eigenvalue weighted by molar-refractivity contribution is 0.147. The van der Waals surface area contributed by atoms with E-state index in [-0.39, 0.29) is 5.82 Å². The molecule has 0 heterocycles. The summed E-state index contributed by atoms with van der Waals surface area (Å²) in [5.74, 6) is 3.79. The summed E-state index contributed by atoms with van der Waals surface area (Å²) >= 11 is 0. The van der Waals surface area contributed by atoms with Crippen LogP contribution < -0.4 is 0 Å². The zero-order valence-electron chi connectivity index (χ0n) is 14.1. The first-order valence-electron chi connectivity index (χ1n) is 9.45. The first kappa shape index (κ1) is 16.0. The molecular formula is C21H31F. The van der Waals surface area contributed by atoms with Crippen LogP contribution in [0.5, 0.6) is 0 Å². The van der Waals surface area contributed by atoms with E-state index in [0.717, 1.165) is 35.7 Å². The van der Waals surface area contributed by atoms with Gasteiger partial charge in [-0.05, 0) is 73.8 Å². The fourth-order valence-corrected chi connectivity index (χ4v) is 4.77. The summed E-state index contributed by atoms with van der Waals surface area (Å²) < 4.78 is 13.7. The van der Waals surface area contributed by atoms with Crippen molar-refractivity contribution in [3.8, 4) is 0 Å². The molecule has 2 fully saturated rings. The normalized spacial score (nSPS) is 32.8. The zero-order valence-corrected chi connectivity index (χ0v) is 14.1. The second kappa shape index (κ2) is 7.62. The van der Waals surface area contributed by atoms with Crippen LogP contribution in [0.25, 0.3) is 0 Å². The van der Waals surface area contributed by atoms with Gasteiger partial charge in [-0.3, -0.25) is 0 Å². The maximum absolute atomic E-state index is 13.7. The Kier molecular flexibility index (Phi) is 5.55. The SMILES string of the molecule is CC1CCC(C2CCC(CCc3ccccc3F)CC2)CC1. The van der Waals surface area contributed by atoms with Gasteiger partial charge in [0.15, 0.2) is 0 Å². The van der Waals surface area contributed by atoms with E-state index in [1.165, 1.54) is 57.8 Å². The highest BCUT2D eigenvalue weighted by Crippen LogP contribution is 2.42. The average molecular weight is 302 g/mol. The van der Waals surface area contributed by atoms with Crippen LogP contribution in [0.4, 0.5) is 4.39 Å². The summed E-state index contributed by atoms with van der Waals surface area (Å²) in [7, 11) is 0. The van der Waals surface area contributed by atoms with E-state index in [2.05, 4.69) is 6.92 Å². The minimum absolute atomic E-state index is 0.0208. The van der Waals surface area contributed by atoms with Crippen molar-refractivity contribution >= 4 is 0 Å². The van der Waals surface area contributed by atoms with E-state index in [4.69, 9.17) is 0 Å². The maximum atomic E-state index is 13.7. The van der Waals surface area contributed by atoms with Crippen LogP contribution >= 0.6 is 0 Å². The quantitative estimate of drug-likeness (QED) is 0.604. The molecule has 0 nitrogen and oxygen atoms in total. The van der Waals surface area contributed by atoms with Crippen molar-refractivity contribution in [1.29, 1.82) is 0 Å². The molecule has 0 aromatic heterocycles. The molecule has 1 aromatic carbocycles. The van der Waals surface area contributed by atoms with E-state index < -0.39 is 0 Å². The fraction of sp³-hybridized carbons (Fsp3) is 0.714. The molecule has 0 radical (unpaired) electrons. The van der Waals surface area contributed by atoms with Gasteiger partial charge >= 0.3 is 0 Å². The smallest absolute Gasteiger partial charge is 0.126 e. The lowest BCUT2D eigenvalue weighted by Crippen LogP contribution is -2.25. The summed E-state index contributed by atoms with van der Waals surface area (Å²) in [5.41, 5.74) is 0.908. The molecule has 1 heteroatoms. The highest BCUT2D eigenvalue weighted by Gasteiger charge is 2.29. The molecule has 0 atom stereocenters. The molecule has 0 N–H and O–H groups in total. The van der Waals surface area contributed by atoms with Crippen LogP contribution in [-0.2, 0) is 6.42 Å². The van der Waals surface area contributed by atoms with Crippen LogP contribution in [0.1, 0.15) is 70.3 Å². The molecule has 2 aliphatic rings. The third kappa shape index (κ3) is 4.12. The number of hydrogen-bond donors (Lipinski definition) is 0. The molecule has 0 unspecified atom stereocenters. The van der Waals surface area contributed by atoms with E-state index in [1.807, 2.05) is 12.1 Å². The van der Waals surface area contributed by atoms with E-state index in [9.17, 15) is 4.39 Å². The maximum Gasteiger partial charge on any atom is 0.126 e. The number of hydrogen-bond acceptors (Lipinski definition) is 0. The van der Waals surface area contributed by atoms with Crippen LogP contribution in [0, 0.1) is 29.5 Å².